The topological polar surface area (TPSA) is 95.6 Å². The molecule has 182 valence electrons. The number of nitrogens with zero attached hydrogens (tertiary/aromatic N) is 1. The van der Waals surface area contributed by atoms with Gasteiger partial charge in [0, 0.05) is 30.2 Å². The van der Waals surface area contributed by atoms with E-state index in [4.69, 9.17) is 0 Å². The van der Waals surface area contributed by atoms with Crippen molar-refractivity contribution >= 4 is 27.5 Å². The molecule has 2 N–H and O–H groups in total. The standard InChI is InChI=1S/C25H37N3O4S/c1-4-24(29)27-22-16-18(2)28(19(3)17-22)33(31,32)23-13-11-21(12-14-23)26-25(30)15-10-20-8-6-5-7-9-20/h4,11-14,18-20,22H,1,5-10,15-17H2,2-3H3,(H,26,30)(H,27,29). The van der Waals surface area contributed by atoms with Gasteiger partial charge in [0.1, 0.15) is 0 Å². The van der Waals surface area contributed by atoms with Crippen LogP contribution in [0, 0.1) is 5.92 Å². The predicted octanol–water partition coefficient (Wildman–Crippen LogP) is 4.22. The summed E-state index contributed by atoms with van der Waals surface area (Å²) in [6, 6.07) is 5.81. The van der Waals surface area contributed by atoms with Gasteiger partial charge < -0.3 is 10.6 Å². The Bertz CT molecular complexity index is 927. The number of benzene rings is 1. The molecular formula is C25H37N3O4S. The fourth-order valence-electron chi connectivity index (χ4n) is 5.28. The highest BCUT2D eigenvalue weighted by Crippen LogP contribution is 2.31. The summed E-state index contributed by atoms with van der Waals surface area (Å²) in [5.74, 6) is 0.379. The number of sulfonamides is 1. The van der Waals surface area contributed by atoms with Crippen LogP contribution in [0.25, 0.3) is 0 Å². The van der Waals surface area contributed by atoms with Gasteiger partial charge in [0.15, 0.2) is 0 Å². The highest BCUT2D eigenvalue weighted by atomic mass is 32.2. The minimum absolute atomic E-state index is 0.0259. The lowest BCUT2D eigenvalue weighted by molar-refractivity contribution is -0.118. The lowest BCUT2D eigenvalue weighted by atomic mass is 9.86. The molecule has 0 bridgehead atoms. The molecule has 7 nitrogen and oxygen atoms in total. The number of anilines is 1. The van der Waals surface area contributed by atoms with Crippen molar-refractivity contribution in [2.24, 2.45) is 5.92 Å². The molecule has 0 radical (unpaired) electrons. The van der Waals surface area contributed by atoms with Crippen LogP contribution in [0.15, 0.2) is 41.8 Å². The van der Waals surface area contributed by atoms with E-state index in [1.807, 2.05) is 13.8 Å². The van der Waals surface area contributed by atoms with Crippen LogP contribution in [0.5, 0.6) is 0 Å². The van der Waals surface area contributed by atoms with Crippen molar-refractivity contribution in [3.63, 3.8) is 0 Å². The monoisotopic (exact) mass is 475 g/mol. The Morgan fingerprint density at radius 3 is 2.24 bits per heavy atom. The van der Waals surface area contributed by atoms with Gasteiger partial charge in [0.25, 0.3) is 0 Å². The van der Waals surface area contributed by atoms with Gasteiger partial charge >= 0.3 is 0 Å². The Hall–Kier alpha value is -2.19. The molecule has 1 aromatic rings. The van der Waals surface area contributed by atoms with E-state index in [1.165, 1.54) is 42.5 Å². The van der Waals surface area contributed by atoms with Gasteiger partial charge in [-0.2, -0.15) is 4.31 Å². The van der Waals surface area contributed by atoms with Gasteiger partial charge in [0.05, 0.1) is 4.90 Å². The molecule has 8 heteroatoms. The van der Waals surface area contributed by atoms with E-state index in [9.17, 15) is 18.0 Å². The van der Waals surface area contributed by atoms with Crippen molar-refractivity contribution in [3.05, 3.63) is 36.9 Å². The summed E-state index contributed by atoms with van der Waals surface area (Å²) in [4.78, 5) is 24.2. The van der Waals surface area contributed by atoms with Crippen LogP contribution in [0.2, 0.25) is 0 Å². The summed E-state index contributed by atoms with van der Waals surface area (Å²) in [5, 5.41) is 5.77. The van der Waals surface area contributed by atoms with E-state index in [0.717, 1.165) is 6.42 Å². The normalized spacial score (nSPS) is 24.7. The second-order valence-corrected chi connectivity index (χ2v) is 11.4. The van der Waals surface area contributed by atoms with E-state index in [0.29, 0.717) is 30.9 Å². The fourth-order valence-corrected chi connectivity index (χ4v) is 7.12. The number of carbonyl (C=O) groups excluding carboxylic acids is 2. The Balaban J connectivity index is 1.59. The average Bonchev–Trinajstić information content (AvgIpc) is 2.78. The molecule has 3 rings (SSSR count). The predicted molar refractivity (Wildman–Crippen MR) is 130 cm³/mol. The van der Waals surface area contributed by atoms with Gasteiger partial charge in [0.2, 0.25) is 21.8 Å². The third-order valence-corrected chi connectivity index (χ3v) is 9.01. The number of nitrogens with one attached hydrogen (secondary N) is 2. The van der Waals surface area contributed by atoms with Crippen LogP contribution < -0.4 is 10.6 Å². The summed E-state index contributed by atoms with van der Waals surface area (Å²) in [6.07, 6.45) is 9.99. The van der Waals surface area contributed by atoms with Crippen molar-refractivity contribution in [1.82, 2.24) is 9.62 Å². The van der Waals surface area contributed by atoms with Crippen LogP contribution >= 0.6 is 0 Å². The third kappa shape index (κ3) is 6.67. The molecule has 1 saturated heterocycles. The summed E-state index contributed by atoms with van der Waals surface area (Å²) >= 11 is 0. The molecule has 1 saturated carbocycles. The SMILES string of the molecule is C=CC(=O)NC1CC(C)N(S(=O)(=O)c2ccc(NC(=O)CCC3CCCCC3)cc2)C(C)C1. The number of hydrogen-bond acceptors (Lipinski definition) is 4. The first-order valence-corrected chi connectivity index (χ1v) is 13.5. The van der Waals surface area contributed by atoms with Crippen LogP contribution in [0.3, 0.4) is 0 Å². The smallest absolute Gasteiger partial charge is 0.243 e. The number of carbonyl (C=O) groups is 2. The molecule has 1 heterocycles. The fraction of sp³-hybridized carbons (Fsp3) is 0.600. The van der Waals surface area contributed by atoms with E-state index in [-0.39, 0.29) is 34.8 Å². The average molecular weight is 476 g/mol. The van der Waals surface area contributed by atoms with Crippen LogP contribution in [0.1, 0.15) is 71.6 Å². The zero-order valence-corrected chi connectivity index (χ0v) is 20.6. The van der Waals surface area contributed by atoms with Gasteiger partial charge in [-0.05, 0) is 69.4 Å². The minimum atomic E-state index is -3.70. The van der Waals surface area contributed by atoms with E-state index < -0.39 is 10.0 Å². The van der Waals surface area contributed by atoms with Crippen LogP contribution in [-0.4, -0.2) is 42.7 Å². The zero-order valence-electron chi connectivity index (χ0n) is 19.8. The molecule has 1 aromatic carbocycles. The van der Waals surface area contributed by atoms with Crippen molar-refractivity contribution in [1.29, 1.82) is 0 Å². The molecule has 2 amide bonds. The largest absolute Gasteiger partial charge is 0.350 e. The minimum Gasteiger partial charge on any atom is -0.350 e. The maximum absolute atomic E-state index is 13.3. The first kappa shape index (κ1) is 25.4. The lowest BCUT2D eigenvalue weighted by Gasteiger charge is -2.41. The molecule has 2 atom stereocenters. The van der Waals surface area contributed by atoms with Gasteiger partial charge in [-0.1, -0.05) is 38.7 Å². The summed E-state index contributed by atoms with van der Waals surface area (Å²) < 4.78 is 28.2. The molecule has 0 aromatic heterocycles. The Labute approximate surface area is 198 Å². The highest BCUT2D eigenvalue weighted by molar-refractivity contribution is 7.89. The van der Waals surface area contributed by atoms with Crippen molar-refractivity contribution in [2.75, 3.05) is 5.32 Å². The van der Waals surface area contributed by atoms with E-state index >= 15 is 0 Å². The second-order valence-electron chi connectivity index (χ2n) is 9.53. The number of piperidine rings is 1. The second kappa shape index (κ2) is 11.3. The third-order valence-electron chi connectivity index (χ3n) is 6.87. The maximum Gasteiger partial charge on any atom is 0.243 e. The number of hydrogen-bond donors (Lipinski definition) is 2. The van der Waals surface area contributed by atoms with Gasteiger partial charge in [-0.25, -0.2) is 8.42 Å². The number of rotatable bonds is 8. The highest BCUT2D eigenvalue weighted by Gasteiger charge is 2.39. The molecular weight excluding hydrogens is 438 g/mol. The van der Waals surface area contributed by atoms with Crippen molar-refractivity contribution < 1.29 is 18.0 Å². The van der Waals surface area contributed by atoms with Crippen LogP contribution in [0.4, 0.5) is 5.69 Å². The molecule has 2 aliphatic rings. The molecule has 2 unspecified atom stereocenters. The summed E-state index contributed by atoms with van der Waals surface area (Å²) in [7, 11) is -3.70. The van der Waals surface area contributed by atoms with E-state index in [2.05, 4.69) is 17.2 Å². The van der Waals surface area contributed by atoms with Crippen molar-refractivity contribution in [2.45, 2.75) is 94.7 Å². The Morgan fingerprint density at radius 2 is 1.67 bits per heavy atom. The van der Waals surface area contributed by atoms with Crippen LogP contribution in [-0.2, 0) is 19.6 Å². The zero-order chi connectivity index (χ0) is 24.0. The molecule has 2 fully saturated rings. The molecule has 1 aliphatic heterocycles. The summed E-state index contributed by atoms with van der Waals surface area (Å²) in [5.41, 5.74) is 0.606. The van der Waals surface area contributed by atoms with Crippen molar-refractivity contribution in [3.8, 4) is 0 Å². The Kier molecular flexibility index (Phi) is 8.70. The number of amides is 2. The quantitative estimate of drug-likeness (QED) is 0.550. The maximum atomic E-state index is 13.3. The van der Waals surface area contributed by atoms with E-state index in [1.54, 1.807) is 24.3 Å². The molecule has 33 heavy (non-hydrogen) atoms. The van der Waals surface area contributed by atoms with Gasteiger partial charge in [-0.3, -0.25) is 9.59 Å². The molecule has 1 aliphatic carbocycles. The van der Waals surface area contributed by atoms with Gasteiger partial charge in [-0.15, -0.1) is 0 Å². The lowest BCUT2D eigenvalue weighted by Crippen LogP contribution is -2.54. The Morgan fingerprint density at radius 1 is 1.06 bits per heavy atom. The first-order chi connectivity index (χ1) is 15.7. The summed E-state index contributed by atoms with van der Waals surface area (Å²) in [6.45, 7) is 7.19. The first-order valence-electron chi connectivity index (χ1n) is 12.1. The molecule has 0 spiro atoms.